The Morgan fingerprint density at radius 3 is 2.67 bits per heavy atom. The van der Waals surface area contributed by atoms with Crippen LogP contribution in [0.4, 0.5) is 4.79 Å². The third-order valence-electron chi connectivity index (χ3n) is 4.65. The predicted octanol–water partition coefficient (Wildman–Crippen LogP) is 5.77. The van der Waals surface area contributed by atoms with E-state index in [-0.39, 0.29) is 11.5 Å². The van der Waals surface area contributed by atoms with Gasteiger partial charge < -0.3 is 10.5 Å². The molecule has 0 radical (unpaired) electrons. The van der Waals surface area contributed by atoms with E-state index in [1.165, 1.54) is 0 Å². The molecule has 3 rings (SSSR count). The number of rotatable bonds is 2. The molecular formula is C19H19Cl2NO2. The van der Waals surface area contributed by atoms with Crippen molar-refractivity contribution in [3.8, 4) is 11.1 Å². The first-order valence-corrected chi connectivity index (χ1v) is 8.58. The third kappa shape index (κ3) is 3.24. The number of amides is 1. The van der Waals surface area contributed by atoms with Gasteiger partial charge in [0.05, 0.1) is 0 Å². The molecule has 0 aromatic heterocycles. The maximum atomic E-state index is 11.3. The molecule has 0 spiro atoms. The molecule has 0 heterocycles. The molecule has 0 saturated heterocycles. The lowest BCUT2D eigenvalue weighted by Gasteiger charge is -2.39. The zero-order valence-corrected chi connectivity index (χ0v) is 15.1. The molecule has 24 heavy (non-hydrogen) atoms. The van der Waals surface area contributed by atoms with Crippen molar-refractivity contribution in [3.05, 3.63) is 57.6 Å². The van der Waals surface area contributed by atoms with Crippen molar-refractivity contribution in [2.75, 3.05) is 0 Å². The van der Waals surface area contributed by atoms with Gasteiger partial charge in [-0.3, -0.25) is 0 Å². The predicted molar refractivity (Wildman–Crippen MR) is 97.4 cm³/mol. The molecule has 2 aromatic rings. The van der Waals surface area contributed by atoms with Crippen molar-refractivity contribution < 1.29 is 9.53 Å². The Morgan fingerprint density at radius 1 is 1.21 bits per heavy atom. The van der Waals surface area contributed by atoms with E-state index in [1.54, 1.807) is 12.1 Å². The van der Waals surface area contributed by atoms with Crippen molar-refractivity contribution in [1.82, 2.24) is 0 Å². The SMILES string of the molecule is CC1(C)CCc2cc(-c3cc(Cl)ccc3Cl)ccc2C1OC(N)=O. The molecule has 0 saturated carbocycles. The minimum Gasteiger partial charge on any atom is -0.441 e. The monoisotopic (exact) mass is 363 g/mol. The van der Waals surface area contributed by atoms with Crippen LogP contribution in [0.2, 0.25) is 10.0 Å². The fraction of sp³-hybridized carbons (Fsp3) is 0.316. The van der Waals surface area contributed by atoms with Gasteiger partial charge in [-0.15, -0.1) is 0 Å². The van der Waals surface area contributed by atoms with Gasteiger partial charge >= 0.3 is 6.09 Å². The smallest absolute Gasteiger partial charge is 0.405 e. The van der Waals surface area contributed by atoms with E-state index < -0.39 is 6.09 Å². The van der Waals surface area contributed by atoms with Gasteiger partial charge in [0.1, 0.15) is 6.10 Å². The van der Waals surface area contributed by atoms with Crippen LogP contribution < -0.4 is 5.73 Å². The fourth-order valence-corrected chi connectivity index (χ4v) is 3.71. The lowest BCUT2D eigenvalue weighted by molar-refractivity contribution is 0.0147. The van der Waals surface area contributed by atoms with Gasteiger partial charge in [-0.05, 0) is 47.7 Å². The number of nitrogens with two attached hydrogens (primary N) is 1. The highest BCUT2D eigenvalue weighted by Gasteiger charge is 2.38. The number of ether oxygens (including phenoxy) is 1. The summed E-state index contributed by atoms with van der Waals surface area (Å²) in [5.74, 6) is 0. The molecule has 1 unspecified atom stereocenters. The first-order chi connectivity index (χ1) is 11.3. The summed E-state index contributed by atoms with van der Waals surface area (Å²) >= 11 is 12.4. The lowest BCUT2D eigenvalue weighted by Crippen LogP contribution is -2.33. The fourth-order valence-electron chi connectivity index (χ4n) is 3.31. The third-order valence-corrected chi connectivity index (χ3v) is 5.21. The van der Waals surface area contributed by atoms with Gasteiger partial charge in [0.2, 0.25) is 0 Å². The highest BCUT2D eigenvalue weighted by Crippen LogP contribution is 2.46. The van der Waals surface area contributed by atoms with E-state index in [0.29, 0.717) is 10.0 Å². The summed E-state index contributed by atoms with van der Waals surface area (Å²) < 4.78 is 5.41. The van der Waals surface area contributed by atoms with Crippen molar-refractivity contribution in [2.45, 2.75) is 32.8 Å². The van der Waals surface area contributed by atoms with Crippen LogP contribution in [0.25, 0.3) is 11.1 Å². The van der Waals surface area contributed by atoms with Gasteiger partial charge in [-0.2, -0.15) is 0 Å². The minimum atomic E-state index is -0.747. The average Bonchev–Trinajstić information content (AvgIpc) is 2.52. The second-order valence-corrected chi connectivity index (χ2v) is 7.69. The summed E-state index contributed by atoms with van der Waals surface area (Å²) in [5.41, 5.74) is 9.16. The molecule has 126 valence electrons. The molecule has 3 nitrogen and oxygen atoms in total. The quantitative estimate of drug-likeness (QED) is 0.736. The Bertz CT molecular complexity index is 802. The van der Waals surface area contributed by atoms with Crippen LogP contribution in [0, 0.1) is 5.41 Å². The van der Waals surface area contributed by atoms with Crippen LogP contribution in [0.3, 0.4) is 0 Å². The van der Waals surface area contributed by atoms with Crippen molar-refractivity contribution in [1.29, 1.82) is 0 Å². The maximum absolute atomic E-state index is 11.3. The van der Waals surface area contributed by atoms with Crippen molar-refractivity contribution in [3.63, 3.8) is 0 Å². The number of aryl methyl sites for hydroxylation is 1. The normalized spacial score (nSPS) is 18.8. The summed E-state index contributed by atoms with van der Waals surface area (Å²) in [5, 5.41) is 1.30. The van der Waals surface area contributed by atoms with Crippen LogP contribution in [0.1, 0.15) is 37.5 Å². The Balaban J connectivity index is 2.06. The Morgan fingerprint density at radius 2 is 1.96 bits per heavy atom. The molecule has 1 atom stereocenters. The van der Waals surface area contributed by atoms with E-state index in [4.69, 9.17) is 33.7 Å². The Labute approximate surface area is 151 Å². The molecule has 1 amide bonds. The van der Waals surface area contributed by atoms with Gasteiger partial charge in [-0.1, -0.05) is 55.2 Å². The van der Waals surface area contributed by atoms with E-state index in [9.17, 15) is 4.79 Å². The first kappa shape index (κ1) is 17.1. The van der Waals surface area contributed by atoms with E-state index in [1.807, 2.05) is 18.2 Å². The molecule has 2 aromatic carbocycles. The number of hydrogen-bond acceptors (Lipinski definition) is 2. The molecule has 2 N–H and O–H groups in total. The topological polar surface area (TPSA) is 52.3 Å². The minimum absolute atomic E-state index is 0.156. The van der Waals surface area contributed by atoms with E-state index in [0.717, 1.165) is 35.1 Å². The molecule has 0 fully saturated rings. The maximum Gasteiger partial charge on any atom is 0.405 e. The number of hydrogen-bond donors (Lipinski definition) is 1. The van der Waals surface area contributed by atoms with Crippen LogP contribution in [0.5, 0.6) is 0 Å². The van der Waals surface area contributed by atoms with Crippen LogP contribution in [0.15, 0.2) is 36.4 Å². The van der Waals surface area contributed by atoms with Crippen LogP contribution in [-0.2, 0) is 11.2 Å². The van der Waals surface area contributed by atoms with Gasteiger partial charge in [-0.25, -0.2) is 4.79 Å². The average molecular weight is 364 g/mol. The number of carbonyl (C=O) groups excluding carboxylic acids is 1. The first-order valence-electron chi connectivity index (χ1n) is 7.82. The molecule has 1 aliphatic rings. The van der Waals surface area contributed by atoms with Crippen LogP contribution >= 0.6 is 23.2 Å². The summed E-state index contributed by atoms with van der Waals surface area (Å²) in [6.45, 7) is 4.18. The van der Waals surface area contributed by atoms with Gasteiger partial charge in [0, 0.05) is 21.0 Å². The summed E-state index contributed by atoms with van der Waals surface area (Å²) in [4.78, 5) is 11.3. The molecule has 5 heteroatoms. The van der Waals surface area contributed by atoms with Gasteiger partial charge in [0.15, 0.2) is 0 Å². The Hall–Kier alpha value is -1.71. The number of halogens is 2. The highest BCUT2D eigenvalue weighted by atomic mass is 35.5. The van der Waals surface area contributed by atoms with E-state index >= 15 is 0 Å². The highest BCUT2D eigenvalue weighted by molar-refractivity contribution is 6.35. The molecule has 1 aliphatic carbocycles. The second-order valence-electron chi connectivity index (χ2n) is 6.84. The molecule has 0 aliphatic heterocycles. The standard InChI is InChI=1S/C19H19Cl2NO2/c1-19(2)8-7-12-9-11(15-10-13(20)4-6-16(15)21)3-5-14(12)17(19)24-18(22)23/h3-6,9-10,17H,7-8H2,1-2H3,(H2,22,23). The van der Waals surface area contributed by atoms with Gasteiger partial charge in [0.25, 0.3) is 0 Å². The summed E-state index contributed by atoms with van der Waals surface area (Å²) in [6.07, 6.45) is 0.725. The lowest BCUT2D eigenvalue weighted by atomic mass is 9.71. The number of fused-ring (bicyclic) bond motifs is 1. The molecule has 0 bridgehead atoms. The number of carbonyl (C=O) groups is 1. The van der Waals surface area contributed by atoms with Crippen molar-refractivity contribution >= 4 is 29.3 Å². The van der Waals surface area contributed by atoms with E-state index in [2.05, 4.69) is 19.9 Å². The molecular weight excluding hydrogens is 345 g/mol. The number of primary amides is 1. The zero-order chi connectivity index (χ0) is 17.5. The largest absolute Gasteiger partial charge is 0.441 e. The van der Waals surface area contributed by atoms with Crippen LogP contribution in [-0.4, -0.2) is 6.09 Å². The summed E-state index contributed by atoms with van der Waals surface area (Å²) in [7, 11) is 0. The Kier molecular flexibility index (Phi) is 4.50. The zero-order valence-electron chi connectivity index (χ0n) is 13.6. The second kappa shape index (κ2) is 6.30. The summed E-state index contributed by atoms with van der Waals surface area (Å²) in [6, 6.07) is 11.5. The van der Waals surface area contributed by atoms with Crippen molar-refractivity contribution in [2.24, 2.45) is 11.1 Å². The number of benzene rings is 2.